The molecule has 0 atom stereocenters. The molecule has 226 valence electrons. The van der Waals surface area contributed by atoms with E-state index in [2.05, 4.69) is 101 Å². The number of allylic oxidation sites excluding steroid dienone is 2. The number of nitrogens with one attached hydrogen (secondary N) is 3. The fourth-order valence-electron chi connectivity index (χ4n) is 3.33. The molecule has 7 N–H and O–H groups in total. The largest absolute Gasteiger partial charge is 0.405 e. The maximum Gasteiger partial charge on any atom is 0.128 e. The lowest BCUT2D eigenvalue weighted by Crippen LogP contribution is -2.36. The molecular formula is C34H55N7. The van der Waals surface area contributed by atoms with Crippen LogP contribution in [0.4, 0.5) is 5.69 Å². The first-order valence-corrected chi connectivity index (χ1v) is 13.8. The van der Waals surface area contributed by atoms with E-state index >= 15 is 0 Å². The molecule has 0 fully saturated rings. The molecule has 0 radical (unpaired) electrons. The van der Waals surface area contributed by atoms with E-state index in [1.807, 2.05) is 26.0 Å². The zero-order chi connectivity index (χ0) is 32.2. The van der Waals surface area contributed by atoms with Crippen molar-refractivity contribution in [1.29, 1.82) is 10.8 Å². The molecule has 2 aromatic rings. The fraction of sp³-hybridized carbons (Fsp3) is 0.382. The molecule has 0 saturated carbocycles. The van der Waals surface area contributed by atoms with E-state index in [-0.39, 0.29) is 6.54 Å². The Morgan fingerprint density at radius 3 is 1.93 bits per heavy atom. The lowest BCUT2D eigenvalue weighted by atomic mass is 9.97. The number of fused-ring (bicyclic) bond motifs is 1. The average Bonchev–Trinajstić information content (AvgIpc) is 3.00. The third-order valence-electron chi connectivity index (χ3n) is 4.87. The molecule has 0 unspecified atom stereocenters. The van der Waals surface area contributed by atoms with Gasteiger partial charge >= 0.3 is 0 Å². The van der Waals surface area contributed by atoms with Crippen molar-refractivity contribution in [3.63, 3.8) is 0 Å². The molecule has 7 heteroatoms. The van der Waals surface area contributed by atoms with Crippen molar-refractivity contribution < 1.29 is 0 Å². The summed E-state index contributed by atoms with van der Waals surface area (Å²) in [6.07, 6.45) is 4.22. The van der Waals surface area contributed by atoms with Gasteiger partial charge in [0.05, 0.1) is 17.9 Å². The first kappa shape index (κ1) is 39.2. The molecule has 0 aliphatic carbocycles. The normalized spacial score (nSPS) is 11.5. The summed E-state index contributed by atoms with van der Waals surface area (Å²) >= 11 is 0. The Kier molecular flexibility index (Phi) is 19.9. The van der Waals surface area contributed by atoms with Gasteiger partial charge in [0.15, 0.2) is 0 Å². The fourth-order valence-corrected chi connectivity index (χ4v) is 3.33. The second-order valence-electron chi connectivity index (χ2n) is 10.6. The van der Waals surface area contributed by atoms with Crippen molar-refractivity contribution >= 4 is 23.1 Å². The van der Waals surface area contributed by atoms with Gasteiger partial charge in [-0.15, -0.1) is 6.58 Å². The highest BCUT2D eigenvalue weighted by atomic mass is 15.2. The van der Waals surface area contributed by atoms with Crippen LogP contribution in [-0.2, 0) is 0 Å². The number of benzene rings is 2. The molecule has 7 nitrogen and oxygen atoms in total. The standard InChI is InChI=1S/C19H20N4.C7H17N.C3H7N.C3H6.C2H5N/c1-12-4-7-15(8-5-12)19-16-10-13(2)6-9-17(16)23(14(3)20)18(21)11-22-19;1-5-6-8-7(2,3)4;1-3(2)4;1-3-2;1-2-3/h4-10,20-21H,11H2,1-3H3;8H,5-6H2,1-4H3;1,4H2,2H3;3H,1H2,2H3;2H,1,3H2. The van der Waals surface area contributed by atoms with E-state index in [4.69, 9.17) is 16.6 Å². The van der Waals surface area contributed by atoms with Gasteiger partial charge in [-0.2, -0.15) is 0 Å². The first-order valence-electron chi connectivity index (χ1n) is 13.8. The zero-order valence-electron chi connectivity index (χ0n) is 27.0. The van der Waals surface area contributed by atoms with Crippen molar-refractivity contribution in [3.8, 4) is 0 Å². The van der Waals surface area contributed by atoms with Crippen LogP contribution in [0.15, 0.2) is 85.2 Å². The van der Waals surface area contributed by atoms with Gasteiger partial charge in [0.2, 0.25) is 0 Å². The molecule has 0 spiro atoms. The Hall–Kier alpha value is -3.97. The van der Waals surface area contributed by atoms with Crippen LogP contribution < -0.4 is 21.7 Å². The van der Waals surface area contributed by atoms with Crippen LogP contribution in [0.2, 0.25) is 0 Å². The van der Waals surface area contributed by atoms with Gasteiger partial charge in [0.25, 0.3) is 0 Å². The number of hydrogen-bond acceptors (Lipinski definition) is 6. The third kappa shape index (κ3) is 17.4. The van der Waals surface area contributed by atoms with E-state index in [0.717, 1.165) is 34.6 Å². The Bertz CT molecular complexity index is 1130. The van der Waals surface area contributed by atoms with Crippen LogP contribution in [0, 0.1) is 24.7 Å². The number of hydrogen-bond donors (Lipinski definition) is 5. The van der Waals surface area contributed by atoms with Gasteiger partial charge < -0.3 is 16.8 Å². The number of aryl methyl sites for hydroxylation is 2. The van der Waals surface area contributed by atoms with Crippen LogP contribution >= 0.6 is 0 Å². The van der Waals surface area contributed by atoms with Gasteiger partial charge in [-0.3, -0.25) is 20.7 Å². The molecular weight excluding hydrogens is 506 g/mol. The lowest BCUT2D eigenvalue weighted by Gasteiger charge is -2.24. The van der Waals surface area contributed by atoms with E-state index < -0.39 is 0 Å². The van der Waals surface area contributed by atoms with Gasteiger partial charge in [-0.25, -0.2) is 0 Å². The summed E-state index contributed by atoms with van der Waals surface area (Å²) in [5.74, 6) is 0.658. The zero-order valence-corrected chi connectivity index (χ0v) is 27.0. The Balaban J connectivity index is 0. The van der Waals surface area contributed by atoms with Crippen LogP contribution in [-0.4, -0.2) is 36.0 Å². The molecule has 3 rings (SSSR count). The van der Waals surface area contributed by atoms with Gasteiger partial charge in [-0.05, 0) is 92.4 Å². The molecule has 1 aliphatic heterocycles. The van der Waals surface area contributed by atoms with Crippen molar-refractivity contribution in [2.75, 3.05) is 18.0 Å². The number of amidine groups is 2. The van der Waals surface area contributed by atoms with Gasteiger partial charge in [0.1, 0.15) is 11.7 Å². The van der Waals surface area contributed by atoms with Gasteiger partial charge in [-0.1, -0.05) is 67.6 Å². The summed E-state index contributed by atoms with van der Waals surface area (Å²) in [7, 11) is 0. The second-order valence-corrected chi connectivity index (χ2v) is 10.6. The summed E-state index contributed by atoms with van der Waals surface area (Å²) in [5.41, 5.74) is 16.6. The third-order valence-corrected chi connectivity index (χ3v) is 4.87. The lowest BCUT2D eigenvalue weighted by molar-refractivity contribution is 0.427. The molecule has 0 bridgehead atoms. The van der Waals surface area contributed by atoms with Crippen LogP contribution in [0.1, 0.15) is 77.1 Å². The predicted molar refractivity (Wildman–Crippen MR) is 184 cm³/mol. The van der Waals surface area contributed by atoms with Crippen molar-refractivity contribution in [3.05, 3.63) is 102 Å². The SMILES string of the molecule is C=C(C)N.C=CC.C=CN.CC(=N)N1C(=N)CN=C(c2ccc(C)cc2)c2cc(C)ccc21.CCCNC(C)(C)C. The minimum Gasteiger partial charge on any atom is -0.405 e. The van der Waals surface area contributed by atoms with E-state index in [9.17, 15) is 0 Å². The number of anilines is 1. The van der Waals surface area contributed by atoms with Crippen molar-refractivity contribution in [2.45, 2.75) is 74.3 Å². The number of nitrogens with zero attached hydrogens (tertiary/aromatic N) is 2. The quantitative estimate of drug-likeness (QED) is 0.151. The molecule has 1 heterocycles. The summed E-state index contributed by atoms with van der Waals surface area (Å²) in [4.78, 5) is 6.34. The summed E-state index contributed by atoms with van der Waals surface area (Å²) in [6.45, 7) is 29.4. The smallest absolute Gasteiger partial charge is 0.128 e. The highest BCUT2D eigenvalue weighted by molar-refractivity contribution is 6.25. The second kappa shape index (κ2) is 20.9. The highest BCUT2D eigenvalue weighted by Crippen LogP contribution is 2.28. The maximum atomic E-state index is 8.27. The molecule has 1 aliphatic rings. The topological polar surface area (TPSA) is 127 Å². The average molecular weight is 562 g/mol. The minimum atomic E-state index is 0.271. The maximum absolute atomic E-state index is 8.27. The molecule has 0 amide bonds. The van der Waals surface area contributed by atoms with Crippen LogP contribution in [0.3, 0.4) is 0 Å². The molecule has 0 aromatic heterocycles. The highest BCUT2D eigenvalue weighted by Gasteiger charge is 2.24. The van der Waals surface area contributed by atoms with Crippen molar-refractivity contribution in [1.82, 2.24) is 5.32 Å². The summed E-state index contributed by atoms with van der Waals surface area (Å²) in [5, 5.41) is 19.7. The first-order chi connectivity index (χ1) is 19.1. The van der Waals surface area contributed by atoms with E-state index in [0.29, 0.717) is 22.9 Å². The Labute approximate surface area is 250 Å². The summed E-state index contributed by atoms with van der Waals surface area (Å²) < 4.78 is 0. The van der Waals surface area contributed by atoms with Crippen molar-refractivity contribution in [2.24, 2.45) is 16.5 Å². The van der Waals surface area contributed by atoms with Crippen LogP contribution in [0.25, 0.3) is 0 Å². The van der Waals surface area contributed by atoms with E-state index in [1.54, 1.807) is 24.8 Å². The molecule has 0 saturated heterocycles. The number of rotatable bonds is 3. The van der Waals surface area contributed by atoms with E-state index in [1.165, 1.54) is 18.2 Å². The van der Waals surface area contributed by atoms with Crippen LogP contribution in [0.5, 0.6) is 0 Å². The Morgan fingerprint density at radius 2 is 1.54 bits per heavy atom. The number of aliphatic imine (C=N–C) groups is 1. The Morgan fingerprint density at radius 1 is 1.07 bits per heavy atom. The number of nitrogens with two attached hydrogens (primary N) is 2. The predicted octanol–water partition coefficient (Wildman–Crippen LogP) is 7.48. The molecule has 2 aromatic carbocycles. The summed E-state index contributed by atoms with van der Waals surface area (Å²) in [6, 6.07) is 14.4. The molecule has 41 heavy (non-hydrogen) atoms. The van der Waals surface area contributed by atoms with Gasteiger partial charge in [0, 0.05) is 16.7 Å². The monoisotopic (exact) mass is 561 g/mol. The number of benzodiazepines with no additional fused rings is 1. The minimum absolute atomic E-state index is 0.271.